The molecule has 0 bridgehead atoms. The zero-order valence-corrected chi connectivity index (χ0v) is 11.0. The summed E-state index contributed by atoms with van der Waals surface area (Å²) in [6.07, 6.45) is 1.61. The van der Waals surface area contributed by atoms with E-state index in [9.17, 15) is 13.6 Å². The van der Waals surface area contributed by atoms with Crippen LogP contribution < -0.4 is 5.73 Å². The van der Waals surface area contributed by atoms with Crippen LogP contribution in [-0.2, 0) is 0 Å². The lowest BCUT2D eigenvalue weighted by Gasteiger charge is -2.38. The van der Waals surface area contributed by atoms with Crippen molar-refractivity contribution in [1.29, 1.82) is 0 Å². The van der Waals surface area contributed by atoms with E-state index in [4.69, 9.17) is 5.73 Å². The summed E-state index contributed by atoms with van der Waals surface area (Å²) in [7, 11) is 0. The monoisotopic (exact) mass is 268 g/mol. The van der Waals surface area contributed by atoms with Crippen LogP contribution in [0.3, 0.4) is 0 Å². The lowest BCUT2D eigenvalue weighted by atomic mass is 9.80. The van der Waals surface area contributed by atoms with Gasteiger partial charge in [-0.25, -0.2) is 8.78 Å². The molecule has 0 radical (unpaired) electrons. The molecule has 0 saturated carbocycles. The van der Waals surface area contributed by atoms with Gasteiger partial charge in [0.15, 0.2) is 0 Å². The zero-order chi connectivity index (χ0) is 14.0. The zero-order valence-electron chi connectivity index (χ0n) is 11.0. The summed E-state index contributed by atoms with van der Waals surface area (Å²) in [5.74, 6) is -1.86. The maximum absolute atomic E-state index is 13.6. The number of hydrogen-bond donors (Lipinski definition) is 1. The Morgan fingerprint density at radius 2 is 2.00 bits per heavy atom. The number of hydrogen-bond acceptors (Lipinski definition) is 2. The molecule has 104 valence electrons. The minimum atomic E-state index is -0.808. The fraction of sp³-hybridized carbons (Fsp3) is 0.500. The minimum Gasteiger partial charge on any atom is -0.339 e. The molecule has 3 nitrogen and oxygen atoms in total. The van der Waals surface area contributed by atoms with Crippen molar-refractivity contribution in [2.75, 3.05) is 19.6 Å². The van der Waals surface area contributed by atoms with Crippen molar-refractivity contribution in [3.63, 3.8) is 0 Å². The summed E-state index contributed by atoms with van der Waals surface area (Å²) in [6.45, 7) is 3.79. The van der Waals surface area contributed by atoms with Crippen LogP contribution in [0, 0.1) is 17.0 Å². The smallest absolute Gasteiger partial charge is 0.256 e. The normalized spacial score (nSPS) is 18.4. The SMILES string of the molecule is CC1(CN)CCN(C(=O)c2ccc(F)cc2F)CC1. The van der Waals surface area contributed by atoms with Crippen molar-refractivity contribution in [2.45, 2.75) is 19.8 Å². The minimum absolute atomic E-state index is 0.0537. The molecule has 1 saturated heterocycles. The first kappa shape index (κ1) is 13.9. The van der Waals surface area contributed by atoms with Gasteiger partial charge in [-0.15, -0.1) is 0 Å². The van der Waals surface area contributed by atoms with Crippen LogP contribution in [0.15, 0.2) is 18.2 Å². The summed E-state index contributed by atoms with van der Waals surface area (Å²) in [5, 5.41) is 0. The summed E-state index contributed by atoms with van der Waals surface area (Å²) in [5.41, 5.74) is 5.69. The van der Waals surface area contributed by atoms with Crippen LogP contribution in [-0.4, -0.2) is 30.4 Å². The third kappa shape index (κ3) is 2.92. The number of nitrogens with two attached hydrogens (primary N) is 1. The number of benzene rings is 1. The van der Waals surface area contributed by atoms with Gasteiger partial charge in [-0.3, -0.25) is 4.79 Å². The predicted molar refractivity (Wildman–Crippen MR) is 68.7 cm³/mol. The molecule has 0 unspecified atom stereocenters. The second-order valence-electron chi connectivity index (χ2n) is 5.43. The number of likely N-dealkylation sites (tertiary alicyclic amines) is 1. The van der Waals surface area contributed by atoms with E-state index in [1.807, 2.05) is 0 Å². The van der Waals surface area contributed by atoms with Gasteiger partial charge >= 0.3 is 0 Å². The van der Waals surface area contributed by atoms with E-state index in [2.05, 4.69) is 6.92 Å². The largest absolute Gasteiger partial charge is 0.339 e. The number of piperidine rings is 1. The van der Waals surface area contributed by atoms with E-state index in [1.54, 1.807) is 4.90 Å². The molecule has 1 amide bonds. The third-order valence-corrected chi connectivity index (χ3v) is 3.91. The van der Waals surface area contributed by atoms with E-state index in [-0.39, 0.29) is 16.9 Å². The van der Waals surface area contributed by atoms with Crippen molar-refractivity contribution in [1.82, 2.24) is 4.90 Å². The van der Waals surface area contributed by atoms with Crippen LogP contribution in [0.25, 0.3) is 0 Å². The Hall–Kier alpha value is -1.49. The van der Waals surface area contributed by atoms with Gasteiger partial charge in [0.2, 0.25) is 0 Å². The van der Waals surface area contributed by atoms with Gasteiger partial charge in [-0.2, -0.15) is 0 Å². The van der Waals surface area contributed by atoms with Gasteiger partial charge < -0.3 is 10.6 Å². The van der Waals surface area contributed by atoms with Crippen LogP contribution in [0.1, 0.15) is 30.1 Å². The number of carbonyl (C=O) groups excluding carboxylic acids is 1. The maximum Gasteiger partial charge on any atom is 0.256 e. The molecular weight excluding hydrogens is 250 g/mol. The highest BCUT2D eigenvalue weighted by atomic mass is 19.1. The number of halogens is 2. The van der Waals surface area contributed by atoms with Gasteiger partial charge in [0.25, 0.3) is 5.91 Å². The molecule has 1 aliphatic heterocycles. The Kier molecular flexibility index (Phi) is 3.85. The van der Waals surface area contributed by atoms with Crippen molar-refractivity contribution in [3.05, 3.63) is 35.4 Å². The molecule has 1 fully saturated rings. The Morgan fingerprint density at radius 3 is 2.53 bits per heavy atom. The van der Waals surface area contributed by atoms with Gasteiger partial charge in [0, 0.05) is 19.2 Å². The molecule has 1 aliphatic rings. The van der Waals surface area contributed by atoms with Gasteiger partial charge in [0.1, 0.15) is 11.6 Å². The molecule has 5 heteroatoms. The van der Waals surface area contributed by atoms with Gasteiger partial charge in [-0.1, -0.05) is 6.92 Å². The van der Waals surface area contributed by atoms with E-state index in [0.717, 1.165) is 25.0 Å². The molecule has 19 heavy (non-hydrogen) atoms. The standard InChI is InChI=1S/C14H18F2N2O/c1-14(9-17)4-6-18(7-5-14)13(19)11-3-2-10(15)8-12(11)16/h2-3,8H,4-7,9,17H2,1H3. The van der Waals surface area contributed by atoms with Crippen LogP contribution >= 0.6 is 0 Å². The van der Waals surface area contributed by atoms with Crippen molar-refractivity contribution in [3.8, 4) is 0 Å². The van der Waals surface area contributed by atoms with Crippen molar-refractivity contribution >= 4 is 5.91 Å². The molecule has 0 atom stereocenters. The lowest BCUT2D eigenvalue weighted by Crippen LogP contribution is -2.45. The van der Waals surface area contributed by atoms with Crippen molar-refractivity contribution < 1.29 is 13.6 Å². The average Bonchev–Trinajstić information content (AvgIpc) is 2.39. The molecule has 2 N–H and O–H groups in total. The van der Waals surface area contributed by atoms with Crippen LogP contribution in [0.4, 0.5) is 8.78 Å². The maximum atomic E-state index is 13.6. The summed E-state index contributed by atoms with van der Waals surface area (Å²) in [4.78, 5) is 13.8. The fourth-order valence-electron chi connectivity index (χ4n) is 2.29. The van der Waals surface area contributed by atoms with Gasteiger partial charge in [-0.05, 0) is 36.9 Å². The molecule has 0 aromatic heterocycles. The topological polar surface area (TPSA) is 46.3 Å². The van der Waals surface area contributed by atoms with Crippen molar-refractivity contribution in [2.24, 2.45) is 11.1 Å². The molecule has 1 heterocycles. The lowest BCUT2D eigenvalue weighted by molar-refractivity contribution is 0.0613. The highest BCUT2D eigenvalue weighted by molar-refractivity contribution is 5.94. The molecule has 0 aliphatic carbocycles. The van der Waals surface area contributed by atoms with E-state index in [0.29, 0.717) is 19.6 Å². The van der Waals surface area contributed by atoms with E-state index < -0.39 is 11.6 Å². The summed E-state index contributed by atoms with van der Waals surface area (Å²) >= 11 is 0. The van der Waals surface area contributed by atoms with Crippen LogP contribution in [0.2, 0.25) is 0 Å². The number of nitrogens with zero attached hydrogens (tertiary/aromatic N) is 1. The molecule has 0 spiro atoms. The number of carbonyl (C=O) groups is 1. The Labute approximate surface area is 111 Å². The molecule has 2 rings (SSSR count). The number of rotatable bonds is 2. The van der Waals surface area contributed by atoms with E-state index >= 15 is 0 Å². The quantitative estimate of drug-likeness (QED) is 0.893. The average molecular weight is 268 g/mol. The summed E-state index contributed by atoms with van der Waals surface area (Å²) in [6, 6.07) is 3.04. The van der Waals surface area contributed by atoms with E-state index in [1.165, 1.54) is 6.07 Å². The van der Waals surface area contributed by atoms with Gasteiger partial charge in [0.05, 0.1) is 5.56 Å². The summed E-state index contributed by atoms with van der Waals surface area (Å²) < 4.78 is 26.4. The Bertz CT molecular complexity index is 482. The Balaban J connectivity index is 2.09. The first-order chi connectivity index (χ1) is 8.95. The number of amides is 1. The molecule has 1 aromatic rings. The first-order valence-electron chi connectivity index (χ1n) is 6.40. The first-order valence-corrected chi connectivity index (χ1v) is 6.40. The van der Waals surface area contributed by atoms with Crippen LogP contribution in [0.5, 0.6) is 0 Å². The highest BCUT2D eigenvalue weighted by Gasteiger charge is 2.31. The predicted octanol–water partition coefficient (Wildman–Crippen LogP) is 2.17. The second-order valence-corrected chi connectivity index (χ2v) is 5.43. The second kappa shape index (κ2) is 5.25. The highest BCUT2D eigenvalue weighted by Crippen LogP contribution is 2.30. The fourth-order valence-corrected chi connectivity index (χ4v) is 2.29. The molecular formula is C14H18F2N2O. The Morgan fingerprint density at radius 1 is 1.37 bits per heavy atom. The molecule has 1 aromatic carbocycles. The third-order valence-electron chi connectivity index (χ3n) is 3.91.